The summed E-state index contributed by atoms with van der Waals surface area (Å²) in [5, 5.41) is 7.42. The Labute approximate surface area is 86.9 Å². The van der Waals surface area contributed by atoms with Gasteiger partial charge in [-0.25, -0.2) is 0 Å². The highest BCUT2D eigenvalue weighted by Crippen LogP contribution is 1.85. The highest BCUT2D eigenvalue weighted by atomic mass is 32.2. The number of ether oxygens (including phenoxy) is 2. The van der Waals surface area contributed by atoms with E-state index in [1.807, 2.05) is 0 Å². The lowest BCUT2D eigenvalue weighted by Gasteiger charge is -2.09. The predicted molar refractivity (Wildman–Crippen MR) is 54.9 cm³/mol. The van der Waals surface area contributed by atoms with E-state index in [-0.39, 0.29) is 0 Å². The number of carboxylic acid groups (broad SMARTS) is 1. The third kappa shape index (κ3) is 41.8. The molecule has 14 heavy (non-hydrogen) atoms. The molecule has 0 atom stereocenters. The topological polar surface area (TPSA) is 72.8 Å². The first-order valence-corrected chi connectivity index (χ1v) is 6.03. The van der Waals surface area contributed by atoms with Crippen LogP contribution in [0.4, 0.5) is 0 Å². The Hall–Kier alpha value is -0.460. The molecular weight excluding hydrogens is 208 g/mol. The Kier molecular flexibility index (Phi) is 14.3. The van der Waals surface area contributed by atoms with Crippen LogP contribution in [0.1, 0.15) is 6.92 Å². The van der Waals surface area contributed by atoms with E-state index in [0.29, 0.717) is 0 Å². The molecule has 0 radical (unpaired) electrons. The first-order valence-electron chi connectivity index (χ1n) is 4.07. The largest absolute Gasteiger partial charge is 0.481 e. The SMILES string of the molecule is C1COCCO1.CC(=O)O.CS(C)=O. The van der Waals surface area contributed by atoms with Crippen molar-refractivity contribution >= 4 is 16.8 Å². The Morgan fingerprint density at radius 3 is 1.36 bits per heavy atom. The lowest BCUT2D eigenvalue weighted by atomic mass is 10.6. The van der Waals surface area contributed by atoms with E-state index in [0.717, 1.165) is 33.4 Å². The first kappa shape index (κ1) is 16.0. The number of hydrogen-bond acceptors (Lipinski definition) is 4. The summed E-state index contributed by atoms with van der Waals surface area (Å²) in [4.78, 5) is 9.00. The maximum absolute atomic E-state index is 9.56. The molecule has 0 amide bonds. The Bertz CT molecular complexity index is 124. The van der Waals surface area contributed by atoms with Gasteiger partial charge in [-0.05, 0) is 0 Å². The van der Waals surface area contributed by atoms with Gasteiger partial charge in [0.1, 0.15) is 0 Å². The fourth-order valence-electron chi connectivity index (χ4n) is 0.440. The molecule has 1 saturated heterocycles. The molecule has 0 aromatic carbocycles. The van der Waals surface area contributed by atoms with Gasteiger partial charge in [-0.15, -0.1) is 0 Å². The molecule has 1 rings (SSSR count). The van der Waals surface area contributed by atoms with Gasteiger partial charge in [0.15, 0.2) is 0 Å². The summed E-state index contributed by atoms with van der Waals surface area (Å²) in [7, 11) is -0.611. The van der Waals surface area contributed by atoms with Crippen LogP contribution in [0.2, 0.25) is 0 Å². The Balaban J connectivity index is 0. The van der Waals surface area contributed by atoms with Crippen molar-refractivity contribution in [1.29, 1.82) is 0 Å². The van der Waals surface area contributed by atoms with Crippen molar-refractivity contribution in [2.75, 3.05) is 38.9 Å². The fraction of sp³-hybridized carbons (Fsp3) is 0.875. The van der Waals surface area contributed by atoms with Crippen molar-refractivity contribution in [3.8, 4) is 0 Å². The van der Waals surface area contributed by atoms with Crippen LogP contribution in [0, 0.1) is 0 Å². The van der Waals surface area contributed by atoms with Crippen LogP contribution in [0.3, 0.4) is 0 Å². The Morgan fingerprint density at radius 2 is 1.29 bits per heavy atom. The van der Waals surface area contributed by atoms with E-state index in [2.05, 4.69) is 0 Å². The van der Waals surface area contributed by atoms with Crippen molar-refractivity contribution in [2.24, 2.45) is 0 Å². The molecule has 1 aliphatic heterocycles. The molecule has 1 heterocycles. The third-order valence-corrected chi connectivity index (χ3v) is 0.744. The van der Waals surface area contributed by atoms with Gasteiger partial charge in [-0.2, -0.15) is 0 Å². The van der Waals surface area contributed by atoms with E-state index < -0.39 is 16.8 Å². The van der Waals surface area contributed by atoms with Crippen molar-refractivity contribution in [3.63, 3.8) is 0 Å². The molecule has 0 bridgehead atoms. The lowest BCUT2D eigenvalue weighted by Crippen LogP contribution is -2.16. The van der Waals surface area contributed by atoms with Crippen LogP contribution < -0.4 is 0 Å². The monoisotopic (exact) mass is 226 g/mol. The number of rotatable bonds is 0. The summed E-state index contributed by atoms with van der Waals surface area (Å²) in [5.41, 5.74) is 0. The zero-order valence-corrected chi connectivity index (χ0v) is 9.63. The summed E-state index contributed by atoms with van der Waals surface area (Å²) >= 11 is 0. The molecule has 0 saturated carbocycles. The summed E-state index contributed by atoms with van der Waals surface area (Å²) in [5.74, 6) is -0.833. The van der Waals surface area contributed by atoms with Crippen LogP contribution in [0.25, 0.3) is 0 Å². The molecule has 6 heteroatoms. The Morgan fingerprint density at radius 1 is 1.14 bits per heavy atom. The molecule has 0 unspecified atom stereocenters. The van der Waals surface area contributed by atoms with Gasteiger partial charge in [-0.3, -0.25) is 9.00 Å². The zero-order chi connectivity index (χ0) is 11.4. The van der Waals surface area contributed by atoms with Crippen LogP contribution >= 0.6 is 0 Å². The van der Waals surface area contributed by atoms with Gasteiger partial charge in [0.05, 0.1) is 26.4 Å². The van der Waals surface area contributed by atoms with Crippen molar-refractivity contribution in [2.45, 2.75) is 6.92 Å². The summed E-state index contributed by atoms with van der Waals surface area (Å²) in [6.07, 6.45) is 3.28. The fourth-order valence-corrected chi connectivity index (χ4v) is 0.440. The second-order valence-corrected chi connectivity index (χ2v) is 3.97. The van der Waals surface area contributed by atoms with Gasteiger partial charge in [0.25, 0.3) is 5.97 Å². The van der Waals surface area contributed by atoms with E-state index in [1.54, 1.807) is 12.5 Å². The summed E-state index contributed by atoms with van der Waals surface area (Å²) < 4.78 is 19.4. The third-order valence-electron chi connectivity index (χ3n) is 0.744. The number of hydrogen-bond donors (Lipinski definition) is 1. The standard InChI is InChI=1S/C4H8O2.C2H4O2.C2H6OS/c1-2-6-4-3-5-1;1-2(3)4;1-4(2)3/h1-4H2;1H3,(H,3,4);1-2H3. The van der Waals surface area contributed by atoms with Crippen LogP contribution in [0.15, 0.2) is 0 Å². The van der Waals surface area contributed by atoms with E-state index in [9.17, 15) is 4.21 Å². The normalized spacial score (nSPS) is 14.6. The van der Waals surface area contributed by atoms with E-state index in [4.69, 9.17) is 19.4 Å². The van der Waals surface area contributed by atoms with E-state index >= 15 is 0 Å². The second-order valence-electron chi connectivity index (χ2n) is 2.49. The predicted octanol–water partition coefficient (Wildman–Crippen LogP) is 0.119. The second kappa shape index (κ2) is 12.5. The van der Waals surface area contributed by atoms with Gasteiger partial charge in [-0.1, -0.05) is 0 Å². The minimum Gasteiger partial charge on any atom is -0.481 e. The number of aliphatic carboxylic acids is 1. The van der Waals surface area contributed by atoms with Crippen LogP contribution in [-0.4, -0.2) is 54.2 Å². The quantitative estimate of drug-likeness (QED) is 0.635. The minimum absolute atomic E-state index is 0.611. The molecule has 5 nitrogen and oxygen atoms in total. The molecule has 0 aromatic heterocycles. The number of carboxylic acids is 1. The molecule has 86 valence electrons. The minimum atomic E-state index is -0.833. The zero-order valence-electron chi connectivity index (χ0n) is 8.82. The van der Waals surface area contributed by atoms with Gasteiger partial charge in [0.2, 0.25) is 0 Å². The van der Waals surface area contributed by atoms with Crippen molar-refractivity contribution in [3.05, 3.63) is 0 Å². The van der Waals surface area contributed by atoms with Crippen molar-refractivity contribution in [1.82, 2.24) is 0 Å². The molecule has 0 spiro atoms. The van der Waals surface area contributed by atoms with Crippen molar-refractivity contribution < 1.29 is 23.6 Å². The average Bonchev–Trinajstić information content (AvgIpc) is 2.05. The first-order chi connectivity index (χ1) is 6.46. The summed E-state index contributed by atoms with van der Waals surface area (Å²) in [6, 6.07) is 0. The van der Waals surface area contributed by atoms with Crippen LogP contribution in [-0.2, 0) is 25.1 Å². The van der Waals surface area contributed by atoms with Gasteiger partial charge >= 0.3 is 0 Å². The smallest absolute Gasteiger partial charge is 0.300 e. The van der Waals surface area contributed by atoms with Gasteiger partial charge < -0.3 is 14.6 Å². The molecular formula is C8H18O5S. The highest BCUT2D eigenvalue weighted by Gasteiger charge is 1.94. The van der Waals surface area contributed by atoms with Gasteiger partial charge in [0, 0.05) is 30.2 Å². The molecule has 0 aliphatic carbocycles. The highest BCUT2D eigenvalue weighted by molar-refractivity contribution is 7.83. The maximum atomic E-state index is 9.56. The lowest BCUT2D eigenvalue weighted by molar-refractivity contribution is -0.134. The molecule has 1 aliphatic rings. The maximum Gasteiger partial charge on any atom is 0.300 e. The molecule has 1 fully saturated rings. The summed E-state index contributed by atoms with van der Waals surface area (Å²) in [6.45, 7) is 4.19. The van der Waals surface area contributed by atoms with E-state index in [1.165, 1.54) is 0 Å². The van der Waals surface area contributed by atoms with Crippen LogP contribution in [0.5, 0.6) is 0 Å². The molecule has 0 aromatic rings. The average molecular weight is 226 g/mol. The number of carbonyl (C=O) groups is 1. The molecule has 1 N–H and O–H groups in total.